The van der Waals surface area contributed by atoms with Crippen molar-refractivity contribution in [2.45, 2.75) is 50.4 Å². The molecular formula is C23H25F7N4O8. The van der Waals surface area contributed by atoms with Crippen LogP contribution in [0.2, 0.25) is 0 Å². The summed E-state index contributed by atoms with van der Waals surface area (Å²) in [5.74, 6) is -12.9. The number of ether oxygens (including phenoxy) is 1. The zero-order chi connectivity index (χ0) is 32.3. The number of alkyl halides is 7. The lowest BCUT2D eigenvalue weighted by Crippen LogP contribution is -2.62. The van der Waals surface area contributed by atoms with E-state index >= 15 is 0 Å². The molecule has 0 saturated heterocycles. The van der Waals surface area contributed by atoms with E-state index in [1.54, 1.807) is 41.0 Å². The number of Topliss-reactive ketones (excluding diaryl/α,β-unsaturated/α-hetero) is 1. The van der Waals surface area contributed by atoms with E-state index < -0.39 is 91.6 Å². The summed E-state index contributed by atoms with van der Waals surface area (Å²) in [6.45, 7) is -2.50. The standard InChI is InChI=1S/C23H25F7N4O8/c1-11(19(39)33-13(7-16(37)38)14(35)8-24)32-20(40)17(18(22(25,26)27)23(28,29)30)34-15(36)9-31-21(41)42-10-12-5-3-2-4-6-12/h2-6,11,13,17-18H,7-10H2,1H3,(H,31,41)(H,32,40)(H,33,39)(H,34,36)(H,37,38). The minimum Gasteiger partial charge on any atom is -0.481 e. The van der Waals surface area contributed by atoms with Gasteiger partial charge >= 0.3 is 24.4 Å². The van der Waals surface area contributed by atoms with Gasteiger partial charge in [0, 0.05) is 0 Å². The number of hydrogen-bond acceptors (Lipinski definition) is 7. The summed E-state index contributed by atoms with van der Waals surface area (Å²) in [6.07, 6.45) is -14.7. The quantitative estimate of drug-likeness (QED) is 0.193. The van der Waals surface area contributed by atoms with Gasteiger partial charge in [-0.15, -0.1) is 0 Å². The van der Waals surface area contributed by atoms with Crippen LogP contribution in [-0.2, 0) is 35.3 Å². The van der Waals surface area contributed by atoms with E-state index in [9.17, 15) is 59.5 Å². The first-order valence-corrected chi connectivity index (χ1v) is 11.6. The third-order valence-electron chi connectivity index (χ3n) is 5.21. The van der Waals surface area contributed by atoms with Gasteiger partial charge in [0.05, 0.1) is 6.42 Å². The van der Waals surface area contributed by atoms with Crippen molar-refractivity contribution in [2.75, 3.05) is 13.2 Å². The van der Waals surface area contributed by atoms with Crippen molar-refractivity contribution in [1.29, 1.82) is 0 Å². The molecule has 0 aliphatic carbocycles. The number of carbonyl (C=O) groups is 6. The van der Waals surface area contributed by atoms with Gasteiger partial charge in [0.1, 0.15) is 38.0 Å². The summed E-state index contributed by atoms with van der Waals surface area (Å²) in [4.78, 5) is 71.1. The molecule has 0 radical (unpaired) electrons. The smallest absolute Gasteiger partial charge is 0.407 e. The summed E-state index contributed by atoms with van der Waals surface area (Å²) in [5, 5.41) is 15.0. The fraction of sp³-hybridized carbons (Fsp3) is 0.478. The fourth-order valence-electron chi connectivity index (χ4n) is 3.19. The number of carboxylic acid groups (broad SMARTS) is 1. The Morgan fingerprint density at radius 1 is 0.881 bits per heavy atom. The van der Waals surface area contributed by atoms with E-state index in [0.717, 1.165) is 6.92 Å². The average molecular weight is 618 g/mol. The van der Waals surface area contributed by atoms with Crippen molar-refractivity contribution in [1.82, 2.24) is 21.3 Å². The summed E-state index contributed by atoms with van der Waals surface area (Å²) >= 11 is 0. The largest absolute Gasteiger partial charge is 0.481 e. The maximum absolute atomic E-state index is 13.4. The lowest BCUT2D eigenvalue weighted by Gasteiger charge is -2.31. The number of alkyl carbamates (subject to hydrolysis) is 1. The Kier molecular flexibility index (Phi) is 13.1. The van der Waals surface area contributed by atoms with Crippen LogP contribution in [-0.4, -0.2) is 84.4 Å². The molecule has 3 unspecified atom stereocenters. The van der Waals surface area contributed by atoms with Crippen LogP contribution in [0.15, 0.2) is 30.3 Å². The van der Waals surface area contributed by atoms with Crippen LogP contribution < -0.4 is 21.3 Å². The molecule has 4 amide bonds. The van der Waals surface area contributed by atoms with Gasteiger partial charge in [-0.1, -0.05) is 30.3 Å². The SMILES string of the molecule is CC(NC(=O)C(NC(=O)CNC(=O)OCc1ccccc1)C(C(F)(F)F)C(F)(F)F)C(=O)NC(CC(=O)O)C(=O)CF. The number of halogens is 7. The molecule has 234 valence electrons. The van der Waals surface area contributed by atoms with Gasteiger partial charge in [-0.05, 0) is 12.5 Å². The number of ketones is 1. The second-order valence-corrected chi connectivity index (χ2v) is 8.51. The molecule has 3 atom stereocenters. The van der Waals surface area contributed by atoms with Crippen molar-refractivity contribution >= 4 is 35.6 Å². The van der Waals surface area contributed by atoms with Crippen molar-refractivity contribution in [2.24, 2.45) is 5.92 Å². The Bertz CT molecular complexity index is 1120. The fourth-order valence-corrected chi connectivity index (χ4v) is 3.19. The minimum absolute atomic E-state index is 0.298. The molecule has 0 spiro atoms. The van der Waals surface area contributed by atoms with Gasteiger partial charge in [-0.25, -0.2) is 9.18 Å². The molecule has 12 nitrogen and oxygen atoms in total. The van der Waals surface area contributed by atoms with E-state index in [2.05, 4.69) is 0 Å². The molecule has 1 aromatic carbocycles. The van der Waals surface area contributed by atoms with Crippen LogP contribution in [0.4, 0.5) is 35.5 Å². The summed E-state index contributed by atoms with van der Waals surface area (Å²) in [6, 6.07) is 0.595. The van der Waals surface area contributed by atoms with Crippen LogP contribution in [0.3, 0.4) is 0 Å². The number of hydrogen-bond donors (Lipinski definition) is 5. The van der Waals surface area contributed by atoms with Crippen molar-refractivity contribution in [3.05, 3.63) is 35.9 Å². The summed E-state index contributed by atoms with van der Waals surface area (Å²) < 4.78 is 97.9. The Hall–Kier alpha value is -4.45. The topological polar surface area (TPSA) is 180 Å². The molecule has 0 saturated carbocycles. The molecule has 0 aliphatic heterocycles. The summed E-state index contributed by atoms with van der Waals surface area (Å²) in [5.41, 5.74) is 0.508. The lowest BCUT2D eigenvalue weighted by atomic mass is 9.96. The molecule has 5 N–H and O–H groups in total. The Morgan fingerprint density at radius 3 is 1.95 bits per heavy atom. The van der Waals surface area contributed by atoms with E-state index in [1.165, 1.54) is 10.6 Å². The summed E-state index contributed by atoms with van der Waals surface area (Å²) in [7, 11) is 0. The number of benzene rings is 1. The molecular weight excluding hydrogens is 593 g/mol. The zero-order valence-electron chi connectivity index (χ0n) is 21.5. The highest BCUT2D eigenvalue weighted by Gasteiger charge is 2.62. The van der Waals surface area contributed by atoms with Crippen molar-refractivity contribution in [3.8, 4) is 0 Å². The molecule has 0 heterocycles. The van der Waals surface area contributed by atoms with Gasteiger partial charge in [-0.3, -0.25) is 24.0 Å². The van der Waals surface area contributed by atoms with Crippen LogP contribution in [0, 0.1) is 5.92 Å². The Balaban J connectivity index is 3.02. The number of nitrogens with one attached hydrogen (secondary N) is 4. The Morgan fingerprint density at radius 2 is 1.45 bits per heavy atom. The number of rotatable bonds is 14. The minimum atomic E-state index is -6.15. The first-order chi connectivity index (χ1) is 19.4. The predicted octanol–water partition coefficient (Wildman–Crippen LogP) is 1.14. The molecule has 0 fully saturated rings. The maximum atomic E-state index is 13.4. The highest BCUT2D eigenvalue weighted by molar-refractivity contribution is 5.96. The third-order valence-corrected chi connectivity index (χ3v) is 5.21. The zero-order valence-corrected chi connectivity index (χ0v) is 21.5. The van der Waals surface area contributed by atoms with Crippen molar-refractivity contribution < 1.29 is 69.3 Å². The van der Waals surface area contributed by atoms with Gasteiger partial charge < -0.3 is 31.1 Å². The molecule has 1 rings (SSSR count). The number of aliphatic carboxylic acids is 1. The number of carbonyl (C=O) groups excluding carboxylic acids is 5. The first-order valence-electron chi connectivity index (χ1n) is 11.6. The number of carboxylic acids is 1. The average Bonchev–Trinajstić information content (AvgIpc) is 2.88. The molecule has 42 heavy (non-hydrogen) atoms. The van der Waals surface area contributed by atoms with Crippen LogP contribution in [0.1, 0.15) is 18.9 Å². The molecule has 1 aromatic rings. The molecule has 0 aromatic heterocycles. The van der Waals surface area contributed by atoms with E-state index in [-0.39, 0.29) is 6.61 Å². The Labute approximate surface area is 232 Å². The maximum Gasteiger partial charge on any atom is 0.407 e. The monoisotopic (exact) mass is 618 g/mol. The van der Waals surface area contributed by atoms with Gasteiger partial charge in [0.25, 0.3) is 0 Å². The molecule has 0 aliphatic rings. The van der Waals surface area contributed by atoms with Crippen molar-refractivity contribution in [3.63, 3.8) is 0 Å². The molecule has 0 bridgehead atoms. The number of amides is 4. The first kappa shape index (κ1) is 35.6. The second kappa shape index (κ2) is 15.5. The van der Waals surface area contributed by atoms with Gasteiger partial charge in [0.2, 0.25) is 17.7 Å². The van der Waals surface area contributed by atoms with Gasteiger partial charge in [0.15, 0.2) is 11.7 Å². The van der Waals surface area contributed by atoms with Gasteiger partial charge in [-0.2, -0.15) is 26.3 Å². The predicted molar refractivity (Wildman–Crippen MR) is 125 cm³/mol. The lowest BCUT2D eigenvalue weighted by molar-refractivity contribution is -0.289. The second-order valence-electron chi connectivity index (χ2n) is 8.51. The van der Waals surface area contributed by atoms with E-state index in [0.29, 0.717) is 5.56 Å². The highest BCUT2D eigenvalue weighted by Crippen LogP contribution is 2.41. The molecule has 19 heteroatoms. The normalized spacial score (nSPS) is 13.7. The van der Waals surface area contributed by atoms with E-state index in [1.807, 2.05) is 0 Å². The van der Waals surface area contributed by atoms with Crippen LogP contribution >= 0.6 is 0 Å². The van der Waals surface area contributed by atoms with E-state index in [4.69, 9.17) is 9.84 Å². The highest BCUT2D eigenvalue weighted by atomic mass is 19.4. The van der Waals surface area contributed by atoms with Crippen LogP contribution in [0.25, 0.3) is 0 Å². The third kappa shape index (κ3) is 12.0. The van der Waals surface area contributed by atoms with Crippen LogP contribution in [0.5, 0.6) is 0 Å².